The van der Waals surface area contributed by atoms with Crippen LogP contribution in [0.4, 0.5) is 0 Å². The molecule has 0 fully saturated rings. The molecule has 0 aromatic heterocycles. The highest BCUT2D eigenvalue weighted by Crippen LogP contribution is 2.12. The molecule has 0 aliphatic carbocycles. The normalized spacial score (nSPS) is 9.67. The molecule has 0 aliphatic rings. The van der Waals surface area contributed by atoms with Crippen molar-refractivity contribution in [1.82, 2.24) is 0 Å². The molecule has 15 heavy (non-hydrogen) atoms. The summed E-state index contributed by atoms with van der Waals surface area (Å²) in [6.07, 6.45) is 0.680. The van der Waals surface area contributed by atoms with Crippen LogP contribution in [-0.2, 0) is 20.7 Å². The van der Waals surface area contributed by atoms with Crippen molar-refractivity contribution in [3.05, 3.63) is 29.8 Å². The van der Waals surface area contributed by atoms with Crippen LogP contribution in [0.2, 0.25) is 0 Å². The smallest absolute Gasteiger partial charge is 0.417 e. The van der Waals surface area contributed by atoms with Gasteiger partial charge >= 0.3 is 6.47 Å². The Hall–Kier alpha value is -1.55. The summed E-state index contributed by atoms with van der Waals surface area (Å²) in [7, 11) is 1.57. The fraction of sp³-hybridized carbons (Fsp3) is 0.364. The highest BCUT2D eigenvalue weighted by molar-refractivity contribution is 5.38. The fourth-order valence-electron chi connectivity index (χ4n) is 1.09. The highest BCUT2D eigenvalue weighted by Gasteiger charge is 1.95. The second-order valence-corrected chi connectivity index (χ2v) is 2.88. The van der Waals surface area contributed by atoms with Gasteiger partial charge in [-0.15, -0.1) is 0 Å². The standard InChI is InChI=1S/C11H13O4/c1-13-9-15-11-4-2-10(3-5-11)6-7-14-8-12/h2-5H,6-7,9H2,1H3. The number of hydrogen-bond acceptors (Lipinski definition) is 4. The Balaban J connectivity index is 2.38. The third-order valence-corrected chi connectivity index (χ3v) is 1.82. The lowest BCUT2D eigenvalue weighted by Crippen LogP contribution is -1.99. The van der Waals surface area contributed by atoms with E-state index in [0.29, 0.717) is 13.0 Å². The quantitative estimate of drug-likeness (QED) is 0.501. The molecule has 0 saturated heterocycles. The van der Waals surface area contributed by atoms with Gasteiger partial charge in [-0.1, -0.05) is 12.1 Å². The molecule has 1 aromatic rings. The van der Waals surface area contributed by atoms with Gasteiger partial charge in [0, 0.05) is 13.5 Å². The zero-order valence-electron chi connectivity index (χ0n) is 8.56. The maximum Gasteiger partial charge on any atom is 0.417 e. The van der Waals surface area contributed by atoms with Crippen molar-refractivity contribution in [2.45, 2.75) is 6.42 Å². The number of methoxy groups -OCH3 is 1. The Morgan fingerprint density at radius 1 is 1.27 bits per heavy atom. The summed E-state index contributed by atoms with van der Waals surface area (Å²) in [6.45, 7) is 1.97. The second kappa shape index (κ2) is 6.84. The van der Waals surface area contributed by atoms with E-state index in [1.165, 1.54) is 6.47 Å². The van der Waals surface area contributed by atoms with Crippen molar-refractivity contribution in [1.29, 1.82) is 0 Å². The van der Waals surface area contributed by atoms with Crippen molar-refractivity contribution in [3.63, 3.8) is 0 Å². The van der Waals surface area contributed by atoms with Crippen LogP contribution < -0.4 is 4.74 Å². The zero-order chi connectivity index (χ0) is 10.9. The third-order valence-electron chi connectivity index (χ3n) is 1.82. The predicted octanol–water partition coefficient (Wildman–Crippen LogP) is 1.30. The molecule has 0 saturated carbocycles. The van der Waals surface area contributed by atoms with Gasteiger partial charge in [-0.3, -0.25) is 0 Å². The van der Waals surface area contributed by atoms with Crippen molar-refractivity contribution in [2.75, 3.05) is 20.5 Å². The molecule has 0 atom stereocenters. The van der Waals surface area contributed by atoms with Crippen LogP contribution in [0.25, 0.3) is 0 Å². The van der Waals surface area contributed by atoms with Gasteiger partial charge in [0.15, 0.2) is 6.79 Å². The maximum absolute atomic E-state index is 9.79. The van der Waals surface area contributed by atoms with Gasteiger partial charge in [0.2, 0.25) is 0 Å². The molecule has 1 radical (unpaired) electrons. The number of rotatable bonds is 7. The Bertz CT molecular complexity index is 281. The first-order valence-electron chi connectivity index (χ1n) is 4.56. The minimum absolute atomic E-state index is 0.239. The number of carbonyl (C=O) groups excluding carboxylic acids is 1. The second-order valence-electron chi connectivity index (χ2n) is 2.88. The summed E-state index contributed by atoms with van der Waals surface area (Å²) in [5.41, 5.74) is 1.08. The van der Waals surface area contributed by atoms with Gasteiger partial charge in [0.05, 0.1) is 6.61 Å². The van der Waals surface area contributed by atoms with E-state index in [2.05, 4.69) is 4.74 Å². The van der Waals surface area contributed by atoms with Gasteiger partial charge in [-0.05, 0) is 17.7 Å². The van der Waals surface area contributed by atoms with Crippen molar-refractivity contribution < 1.29 is 19.0 Å². The van der Waals surface area contributed by atoms with Gasteiger partial charge in [-0.2, -0.15) is 0 Å². The van der Waals surface area contributed by atoms with E-state index >= 15 is 0 Å². The van der Waals surface area contributed by atoms with Gasteiger partial charge in [0.25, 0.3) is 0 Å². The first-order chi connectivity index (χ1) is 7.36. The zero-order valence-corrected chi connectivity index (χ0v) is 8.56. The molecule has 4 heteroatoms. The first kappa shape index (κ1) is 11.5. The lowest BCUT2D eigenvalue weighted by Gasteiger charge is -2.05. The Labute approximate surface area is 88.8 Å². The first-order valence-corrected chi connectivity index (χ1v) is 4.56. The van der Waals surface area contributed by atoms with Gasteiger partial charge < -0.3 is 14.2 Å². The minimum atomic E-state index is 0.239. The molecule has 0 bridgehead atoms. The number of ether oxygens (including phenoxy) is 3. The van der Waals surface area contributed by atoms with Gasteiger partial charge in [0.1, 0.15) is 5.75 Å². The molecule has 0 unspecified atom stereocenters. The van der Waals surface area contributed by atoms with E-state index in [1.807, 2.05) is 24.3 Å². The van der Waals surface area contributed by atoms with Crippen LogP contribution in [0.15, 0.2) is 24.3 Å². The topological polar surface area (TPSA) is 44.8 Å². The van der Waals surface area contributed by atoms with E-state index in [0.717, 1.165) is 11.3 Å². The van der Waals surface area contributed by atoms with E-state index in [4.69, 9.17) is 9.47 Å². The Morgan fingerprint density at radius 2 is 2.00 bits per heavy atom. The molecule has 81 valence electrons. The fourth-order valence-corrected chi connectivity index (χ4v) is 1.09. The lowest BCUT2D eigenvalue weighted by atomic mass is 10.1. The summed E-state index contributed by atoms with van der Waals surface area (Å²) in [5.74, 6) is 0.753. The van der Waals surface area contributed by atoms with Crippen LogP contribution in [0.3, 0.4) is 0 Å². The van der Waals surface area contributed by atoms with Crippen molar-refractivity contribution in [2.24, 2.45) is 0 Å². The van der Waals surface area contributed by atoms with Gasteiger partial charge in [-0.25, -0.2) is 4.79 Å². The maximum atomic E-state index is 9.79. The summed E-state index contributed by atoms with van der Waals surface area (Å²) in [4.78, 5) is 9.79. The summed E-state index contributed by atoms with van der Waals surface area (Å²) in [6, 6.07) is 7.52. The van der Waals surface area contributed by atoms with Crippen LogP contribution in [0.1, 0.15) is 5.56 Å². The Morgan fingerprint density at radius 3 is 2.60 bits per heavy atom. The molecule has 0 N–H and O–H groups in total. The molecule has 0 spiro atoms. The van der Waals surface area contributed by atoms with Crippen LogP contribution in [0, 0.1) is 0 Å². The largest absolute Gasteiger partial charge is 0.468 e. The molecular formula is C11H13O4. The Kier molecular flexibility index (Phi) is 5.25. The van der Waals surface area contributed by atoms with Crippen LogP contribution >= 0.6 is 0 Å². The summed E-state index contributed by atoms with van der Waals surface area (Å²) in [5, 5.41) is 0. The van der Waals surface area contributed by atoms with E-state index in [-0.39, 0.29) is 6.79 Å². The van der Waals surface area contributed by atoms with Crippen LogP contribution in [0.5, 0.6) is 5.75 Å². The van der Waals surface area contributed by atoms with Crippen LogP contribution in [-0.4, -0.2) is 27.0 Å². The monoisotopic (exact) mass is 209 g/mol. The predicted molar refractivity (Wildman–Crippen MR) is 54.3 cm³/mol. The minimum Gasteiger partial charge on any atom is -0.468 e. The summed E-state index contributed by atoms with van der Waals surface area (Å²) < 4.78 is 14.5. The van der Waals surface area contributed by atoms with E-state index in [9.17, 15) is 4.79 Å². The van der Waals surface area contributed by atoms with E-state index in [1.54, 1.807) is 7.11 Å². The number of hydrogen-bond donors (Lipinski definition) is 0. The van der Waals surface area contributed by atoms with Crippen molar-refractivity contribution >= 4 is 6.47 Å². The molecule has 0 heterocycles. The molecule has 0 aliphatic heterocycles. The lowest BCUT2D eigenvalue weighted by molar-refractivity contribution is 0.0511. The average Bonchev–Trinajstić information content (AvgIpc) is 2.28. The molecule has 4 nitrogen and oxygen atoms in total. The molecule has 1 aromatic carbocycles. The molecule has 1 rings (SSSR count). The number of benzene rings is 1. The van der Waals surface area contributed by atoms with Crippen molar-refractivity contribution in [3.8, 4) is 5.75 Å². The third kappa shape index (κ3) is 4.46. The average molecular weight is 209 g/mol. The molecular weight excluding hydrogens is 196 g/mol. The molecule has 0 amide bonds. The highest BCUT2D eigenvalue weighted by atomic mass is 16.7. The summed E-state index contributed by atoms with van der Waals surface area (Å²) >= 11 is 0. The SMILES string of the molecule is COCOc1ccc(CCO[C]=O)cc1. The van der Waals surface area contributed by atoms with E-state index < -0.39 is 0 Å².